The Labute approximate surface area is 139 Å². The third-order valence-corrected chi connectivity index (χ3v) is 4.50. The molecule has 1 aliphatic carbocycles. The van der Waals surface area contributed by atoms with Crippen molar-refractivity contribution in [1.82, 2.24) is 0 Å². The Balaban J connectivity index is 0.00000242. The first-order chi connectivity index (χ1) is 10.0. The average molecular weight is 327 g/mol. The number of methoxy groups -OCH3 is 1. The predicted molar refractivity (Wildman–Crippen MR) is 92.9 cm³/mol. The lowest BCUT2D eigenvalue weighted by atomic mass is 9.83. The van der Waals surface area contributed by atoms with Gasteiger partial charge in [-0.05, 0) is 44.2 Å². The van der Waals surface area contributed by atoms with E-state index in [0.717, 1.165) is 35.4 Å². The molecule has 3 N–H and O–H groups in total. The number of amides is 1. The zero-order valence-electron chi connectivity index (χ0n) is 13.6. The first-order valence-corrected chi connectivity index (χ1v) is 7.72. The Kier molecular flexibility index (Phi) is 7.17. The Morgan fingerprint density at radius 2 is 2.00 bits per heavy atom. The van der Waals surface area contributed by atoms with Crippen LogP contribution in [0.5, 0.6) is 5.75 Å². The molecular weight excluding hydrogens is 300 g/mol. The average Bonchev–Trinajstić information content (AvgIpc) is 2.45. The number of hydrogen-bond donors (Lipinski definition) is 2. The number of halogens is 1. The lowest BCUT2D eigenvalue weighted by Crippen LogP contribution is -2.35. The Bertz CT molecular complexity index is 520. The fourth-order valence-corrected chi connectivity index (χ4v) is 3.21. The molecule has 22 heavy (non-hydrogen) atoms. The minimum absolute atomic E-state index is 0. The van der Waals surface area contributed by atoms with Crippen LogP contribution in [-0.2, 0) is 4.79 Å². The van der Waals surface area contributed by atoms with E-state index in [-0.39, 0.29) is 24.4 Å². The van der Waals surface area contributed by atoms with E-state index in [1.54, 1.807) is 7.11 Å². The maximum atomic E-state index is 12.3. The fourth-order valence-electron chi connectivity index (χ4n) is 3.21. The van der Waals surface area contributed by atoms with Gasteiger partial charge in [0.2, 0.25) is 5.91 Å². The Hall–Kier alpha value is -1.26. The molecule has 124 valence electrons. The lowest BCUT2D eigenvalue weighted by molar-refractivity contribution is -0.117. The summed E-state index contributed by atoms with van der Waals surface area (Å²) >= 11 is 0. The molecule has 0 aliphatic heterocycles. The van der Waals surface area contributed by atoms with Gasteiger partial charge >= 0.3 is 0 Å². The van der Waals surface area contributed by atoms with Gasteiger partial charge in [0, 0.05) is 23.7 Å². The number of benzene rings is 1. The summed E-state index contributed by atoms with van der Waals surface area (Å²) in [5, 5.41) is 3.01. The number of carbonyl (C=O) groups is 1. The Morgan fingerprint density at radius 3 is 2.64 bits per heavy atom. The minimum atomic E-state index is 0. The van der Waals surface area contributed by atoms with Crippen LogP contribution in [0.4, 0.5) is 5.69 Å². The van der Waals surface area contributed by atoms with E-state index >= 15 is 0 Å². The van der Waals surface area contributed by atoms with E-state index in [1.807, 2.05) is 26.0 Å². The highest BCUT2D eigenvalue weighted by Gasteiger charge is 2.24. The monoisotopic (exact) mass is 326 g/mol. The molecule has 2 atom stereocenters. The number of ether oxygens (including phenoxy) is 1. The van der Waals surface area contributed by atoms with E-state index in [1.165, 1.54) is 12.8 Å². The van der Waals surface area contributed by atoms with Crippen LogP contribution in [0.25, 0.3) is 0 Å². The highest BCUT2D eigenvalue weighted by atomic mass is 35.5. The summed E-state index contributed by atoms with van der Waals surface area (Å²) in [6.45, 7) is 3.96. The number of hydrogen-bond acceptors (Lipinski definition) is 3. The molecule has 0 saturated heterocycles. The summed E-state index contributed by atoms with van der Waals surface area (Å²) in [5.41, 5.74) is 8.98. The summed E-state index contributed by atoms with van der Waals surface area (Å²) in [4.78, 5) is 12.3. The molecule has 1 saturated carbocycles. The van der Waals surface area contributed by atoms with Gasteiger partial charge in [0.15, 0.2) is 0 Å². The van der Waals surface area contributed by atoms with Crippen molar-refractivity contribution in [3.63, 3.8) is 0 Å². The van der Waals surface area contributed by atoms with E-state index in [4.69, 9.17) is 10.5 Å². The SMILES string of the molecule is COc1c(C)ccc(NC(=O)CC2CCCCC2N)c1C.Cl. The van der Waals surface area contributed by atoms with Crippen molar-refractivity contribution in [2.75, 3.05) is 12.4 Å². The second-order valence-corrected chi connectivity index (χ2v) is 6.05. The smallest absolute Gasteiger partial charge is 0.224 e. The molecule has 0 aromatic heterocycles. The molecule has 4 nitrogen and oxygen atoms in total. The van der Waals surface area contributed by atoms with Crippen molar-refractivity contribution in [1.29, 1.82) is 0 Å². The molecule has 0 heterocycles. The van der Waals surface area contributed by atoms with Gasteiger partial charge in [-0.25, -0.2) is 0 Å². The normalized spacial score (nSPS) is 20.9. The van der Waals surface area contributed by atoms with Crippen LogP contribution in [0.1, 0.15) is 43.2 Å². The molecule has 1 fully saturated rings. The van der Waals surface area contributed by atoms with Crippen molar-refractivity contribution in [2.24, 2.45) is 11.7 Å². The first kappa shape index (κ1) is 18.8. The largest absolute Gasteiger partial charge is 0.496 e. The molecule has 1 amide bonds. The molecule has 0 spiro atoms. The van der Waals surface area contributed by atoms with Gasteiger partial charge < -0.3 is 15.8 Å². The van der Waals surface area contributed by atoms with Crippen molar-refractivity contribution in [3.05, 3.63) is 23.3 Å². The number of nitrogens with two attached hydrogens (primary N) is 1. The number of aryl methyl sites for hydroxylation is 1. The molecule has 1 aromatic rings. The quantitative estimate of drug-likeness (QED) is 0.888. The second-order valence-electron chi connectivity index (χ2n) is 6.05. The number of nitrogens with one attached hydrogen (secondary N) is 1. The van der Waals surface area contributed by atoms with Gasteiger partial charge in [-0.2, -0.15) is 0 Å². The third kappa shape index (κ3) is 4.37. The number of rotatable bonds is 4. The van der Waals surface area contributed by atoms with E-state index in [9.17, 15) is 4.79 Å². The van der Waals surface area contributed by atoms with Gasteiger partial charge in [-0.1, -0.05) is 18.9 Å². The second kappa shape index (κ2) is 8.39. The van der Waals surface area contributed by atoms with E-state index < -0.39 is 0 Å². The standard InChI is InChI=1S/C17H26N2O2.ClH/c1-11-8-9-15(12(2)17(11)21-3)19-16(20)10-13-6-4-5-7-14(13)18;/h8-9,13-14H,4-7,10,18H2,1-3H3,(H,19,20);1H. The topological polar surface area (TPSA) is 64.3 Å². The van der Waals surface area contributed by atoms with Gasteiger partial charge in [-0.15, -0.1) is 12.4 Å². The summed E-state index contributed by atoms with van der Waals surface area (Å²) in [6.07, 6.45) is 4.98. The van der Waals surface area contributed by atoms with Crippen LogP contribution < -0.4 is 15.8 Å². The van der Waals surface area contributed by atoms with Crippen LogP contribution in [-0.4, -0.2) is 19.1 Å². The summed E-state index contributed by atoms with van der Waals surface area (Å²) < 4.78 is 5.39. The third-order valence-electron chi connectivity index (χ3n) is 4.50. The lowest BCUT2D eigenvalue weighted by Gasteiger charge is -2.28. The predicted octanol–water partition coefficient (Wildman–Crippen LogP) is 3.58. The van der Waals surface area contributed by atoms with Crippen LogP contribution in [0.2, 0.25) is 0 Å². The van der Waals surface area contributed by atoms with E-state index in [0.29, 0.717) is 12.3 Å². The fraction of sp³-hybridized carbons (Fsp3) is 0.588. The van der Waals surface area contributed by atoms with Crippen molar-refractivity contribution in [2.45, 2.75) is 52.0 Å². The number of anilines is 1. The van der Waals surface area contributed by atoms with Gasteiger partial charge in [0.1, 0.15) is 5.75 Å². The molecule has 2 unspecified atom stereocenters. The minimum Gasteiger partial charge on any atom is -0.496 e. The van der Waals surface area contributed by atoms with Crippen molar-refractivity contribution in [3.8, 4) is 5.75 Å². The maximum absolute atomic E-state index is 12.3. The summed E-state index contributed by atoms with van der Waals surface area (Å²) in [6, 6.07) is 4.07. The summed E-state index contributed by atoms with van der Waals surface area (Å²) in [7, 11) is 1.65. The molecule has 2 rings (SSSR count). The van der Waals surface area contributed by atoms with Crippen molar-refractivity contribution < 1.29 is 9.53 Å². The molecule has 5 heteroatoms. The maximum Gasteiger partial charge on any atom is 0.224 e. The van der Waals surface area contributed by atoms with Crippen molar-refractivity contribution >= 4 is 24.0 Å². The molecular formula is C17H27ClN2O2. The van der Waals surface area contributed by atoms with Crippen LogP contribution in [0.3, 0.4) is 0 Å². The first-order valence-electron chi connectivity index (χ1n) is 7.72. The summed E-state index contributed by atoms with van der Waals surface area (Å²) in [5.74, 6) is 1.19. The molecule has 0 radical (unpaired) electrons. The van der Waals surface area contributed by atoms with Crippen LogP contribution in [0, 0.1) is 19.8 Å². The van der Waals surface area contributed by atoms with Gasteiger partial charge in [-0.3, -0.25) is 4.79 Å². The van der Waals surface area contributed by atoms with Crippen LogP contribution in [0.15, 0.2) is 12.1 Å². The zero-order valence-corrected chi connectivity index (χ0v) is 14.5. The highest BCUT2D eigenvalue weighted by Crippen LogP contribution is 2.30. The molecule has 1 aliphatic rings. The van der Waals surface area contributed by atoms with E-state index in [2.05, 4.69) is 5.32 Å². The highest BCUT2D eigenvalue weighted by molar-refractivity contribution is 5.92. The zero-order chi connectivity index (χ0) is 15.4. The number of carbonyl (C=O) groups excluding carboxylic acids is 1. The van der Waals surface area contributed by atoms with Gasteiger partial charge in [0.25, 0.3) is 0 Å². The Morgan fingerprint density at radius 1 is 1.32 bits per heavy atom. The molecule has 0 bridgehead atoms. The molecule has 1 aromatic carbocycles. The van der Waals surface area contributed by atoms with Crippen LogP contribution >= 0.6 is 12.4 Å². The van der Waals surface area contributed by atoms with Gasteiger partial charge in [0.05, 0.1) is 7.11 Å².